The minimum absolute atomic E-state index is 0.442. The lowest BCUT2D eigenvalue weighted by atomic mass is 9.87. The van der Waals surface area contributed by atoms with Crippen LogP contribution in [0.5, 0.6) is 0 Å². The first kappa shape index (κ1) is 27.8. The largest absolute Gasteiger partial charge is 0.479 e. The van der Waals surface area contributed by atoms with Gasteiger partial charge in [0.25, 0.3) is 0 Å². The summed E-state index contributed by atoms with van der Waals surface area (Å²) in [6, 6.07) is 46.7. The lowest BCUT2D eigenvalue weighted by Crippen LogP contribution is -2.08. The highest BCUT2D eigenvalue weighted by atomic mass is 16.5. The van der Waals surface area contributed by atoms with E-state index >= 15 is 0 Å². The van der Waals surface area contributed by atoms with Gasteiger partial charge in [-0.3, -0.25) is 0 Å². The molecule has 48 heavy (non-hydrogen) atoms. The van der Waals surface area contributed by atoms with Gasteiger partial charge in [0, 0.05) is 11.1 Å². The quantitative estimate of drug-likeness (QED) is 0.187. The first-order valence-electron chi connectivity index (χ1n) is 15.8. The van der Waals surface area contributed by atoms with Crippen LogP contribution in [-0.4, -0.2) is 21.7 Å². The second-order valence-electron chi connectivity index (χ2n) is 11.7. The summed E-state index contributed by atoms with van der Waals surface area (Å²) in [4.78, 5) is 14.7. The molecule has 5 aromatic carbocycles. The molecule has 0 saturated heterocycles. The number of rotatable bonds is 6. The molecule has 4 heterocycles. The molecule has 228 valence electrons. The van der Waals surface area contributed by atoms with E-state index in [1.54, 1.807) is 12.5 Å². The standard InChI is InChI=1S/C42H28N4O2/c1-2-8-27(9-3-1)28-16-18-29(19-17-28)30-20-21-33-34(22-30)42(38-15-7-13-36(46-38)40-24-48-26-44-40)32-11-5-4-10-31(32)41(33)37-14-6-12-35(45-37)39-23-47-25-43-39/h1-24,26,43H,25H2. The fourth-order valence-corrected chi connectivity index (χ4v) is 6.61. The first-order chi connectivity index (χ1) is 23.8. The number of aromatic nitrogens is 3. The molecular weight excluding hydrogens is 592 g/mol. The molecule has 3 aromatic heterocycles. The maximum atomic E-state index is 5.46. The summed E-state index contributed by atoms with van der Waals surface area (Å²) >= 11 is 0. The van der Waals surface area contributed by atoms with E-state index < -0.39 is 0 Å². The van der Waals surface area contributed by atoms with Gasteiger partial charge in [-0.05, 0) is 74.1 Å². The molecule has 1 N–H and O–H groups in total. The van der Waals surface area contributed by atoms with Gasteiger partial charge in [-0.15, -0.1) is 0 Å². The average molecular weight is 621 g/mol. The van der Waals surface area contributed by atoms with Crippen molar-refractivity contribution in [1.82, 2.24) is 20.3 Å². The van der Waals surface area contributed by atoms with Crippen LogP contribution in [0.4, 0.5) is 0 Å². The number of hydrogen-bond acceptors (Lipinski definition) is 6. The van der Waals surface area contributed by atoms with Gasteiger partial charge >= 0.3 is 0 Å². The summed E-state index contributed by atoms with van der Waals surface area (Å²) in [7, 11) is 0. The Labute approximate surface area is 277 Å². The van der Waals surface area contributed by atoms with Crippen molar-refractivity contribution < 1.29 is 9.15 Å². The average Bonchev–Trinajstić information content (AvgIpc) is 3.90. The number of nitrogens with one attached hydrogen (secondary N) is 1. The van der Waals surface area contributed by atoms with E-state index in [9.17, 15) is 0 Å². The van der Waals surface area contributed by atoms with Gasteiger partial charge in [-0.25, -0.2) is 15.0 Å². The fraction of sp³-hybridized carbons (Fsp3) is 0.0238. The van der Waals surface area contributed by atoms with Crippen molar-refractivity contribution >= 4 is 27.2 Å². The predicted octanol–water partition coefficient (Wildman–Crippen LogP) is 9.98. The zero-order valence-electron chi connectivity index (χ0n) is 25.8. The van der Waals surface area contributed by atoms with Crippen molar-refractivity contribution in [2.45, 2.75) is 0 Å². The third-order valence-corrected chi connectivity index (χ3v) is 8.88. The SMILES string of the molecule is C1=C(c2cccc(-c3c4ccccc4c(-c4cccc(-c5cocn5)n4)c4cc(-c5ccc(-c6ccccc6)cc5)ccc34)n2)NCO1. The maximum absolute atomic E-state index is 5.46. The molecule has 6 nitrogen and oxygen atoms in total. The van der Waals surface area contributed by atoms with Gasteiger partial charge in [0.05, 0.1) is 28.5 Å². The lowest BCUT2D eigenvalue weighted by Gasteiger charge is -2.18. The van der Waals surface area contributed by atoms with Crippen molar-refractivity contribution in [3.05, 3.63) is 158 Å². The van der Waals surface area contributed by atoms with Crippen LogP contribution in [-0.2, 0) is 4.74 Å². The van der Waals surface area contributed by atoms with Crippen LogP contribution in [0.15, 0.2) is 157 Å². The van der Waals surface area contributed by atoms with Crippen molar-refractivity contribution in [3.63, 3.8) is 0 Å². The summed E-state index contributed by atoms with van der Waals surface area (Å²) in [5.41, 5.74) is 11.7. The molecule has 0 amide bonds. The van der Waals surface area contributed by atoms with Crippen LogP contribution in [0, 0.1) is 0 Å². The predicted molar refractivity (Wildman–Crippen MR) is 191 cm³/mol. The van der Waals surface area contributed by atoms with E-state index in [-0.39, 0.29) is 0 Å². The zero-order chi connectivity index (χ0) is 31.9. The molecule has 6 heteroatoms. The van der Waals surface area contributed by atoms with E-state index in [1.807, 2.05) is 24.3 Å². The lowest BCUT2D eigenvalue weighted by molar-refractivity contribution is 0.267. The van der Waals surface area contributed by atoms with Crippen molar-refractivity contribution in [2.24, 2.45) is 0 Å². The molecule has 0 atom stereocenters. The molecule has 1 aliphatic heterocycles. The van der Waals surface area contributed by atoms with Gasteiger partial charge in [0.1, 0.15) is 18.2 Å². The zero-order valence-corrected chi connectivity index (χ0v) is 25.8. The van der Waals surface area contributed by atoms with Crippen LogP contribution >= 0.6 is 0 Å². The van der Waals surface area contributed by atoms with Gasteiger partial charge in [-0.1, -0.05) is 103 Å². The van der Waals surface area contributed by atoms with Gasteiger partial charge < -0.3 is 14.5 Å². The van der Waals surface area contributed by atoms with Crippen molar-refractivity contribution in [2.75, 3.05) is 6.73 Å². The number of ether oxygens (including phenoxy) is 1. The second kappa shape index (κ2) is 11.7. The van der Waals surface area contributed by atoms with Gasteiger partial charge in [-0.2, -0.15) is 0 Å². The molecule has 9 rings (SSSR count). The minimum atomic E-state index is 0.442. The van der Waals surface area contributed by atoms with Gasteiger partial charge in [0.15, 0.2) is 13.1 Å². The Morgan fingerprint density at radius 2 is 1.06 bits per heavy atom. The molecule has 0 aliphatic carbocycles. The molecule has 0 spiro atoms. The summed E-state index contributed by atoms with van der Waals surface area (Å²) in [6.07, 6.45) is 4.79. The maximum Gasteiger partial charge on any atom is 0.181 e. The highest BCUT2D eigenvalue weighted by molar-refractivity contribution is 6.21. The second-order valence-corrected chi connectivity index (χ2v) is 11.7. The number of fused-ring (bicyclic) bond motifs is 2. The monoisotopic (exact) mass is 620 g/mol. The van der Waals surface area contributed by atoms with E-state index in [0.717, 1.165) is 72.3 Å². The summed E-state index contributed by atoms with van der Waals surface area (Å²) in [5, 5.41) is 7.65. The Morgan fingerprint density at radius 1 is 0.479 bits per heavy atom. The molecule has 8 aromatic rings. The van der Waals surface area contributed by atoms with Crippen LogP contribution in [0.1, 0.15) is 5.69 Å². The van der Waals surface area contributed by atoms with E-state index in [1.165, 1.54) is 17.5 Å². The summed E-state index contributed by atoms with van der Waals surface area (Å²) in [6.45, 7) is 0.442. The van der Waals surface area contributed by atoms with Crippen LogP contribution in [0.25, 0.3) is 83.4 Å². The molecule has 0 saturated carbocycles. The molecule has 0 bridgehead atoms. The third kappa shape index (κ3) is 4.87. The Morgan fingerprint density at radius 3 is 1.75 bits per heavy atom. The smallest absolute Gasteiger partial charge is 0.181 e. The minimum Gasteiger partial charge on any atom is -0.479 e. The normalized spacial score (nSPS) is 12.5. The van der Waals surface area contributed by atoms with Gasteiger partial charge in [0.2, 0.25) is 0 Å². The Bertz CT molecular complexity index is 2470. The summed E-state index contributed by atoms with van der Waals surface area (Å²) < 4.78 is 10.7. The topological polar surface area (TPSA) is 73.1 Å². The van der Waals surface area contributed by atoms with Crippen LogP contribution in [0.2, 0.25) is 0 Å². The Kier molecular flexibility index (Phi) is 6.75. The third-order valence-electron chi connectivity index (χ3n) is 8.88. The number of oxazole rings is 1. The fourth-order valence-electron chi connectivity index (χ4n) is 6.61. The molecule has 0 unspecified atom stereocenters. The number of benzene rings is 5. The number of pyridine rings is 2. The van der Waals surface area contributed by atoms with Crippen LogP contribution in [0.3, 0.4) is 0 Å². The number of nitrogens with zero attached hydrogens (tertiary/aromatic N) is 3. The van der Waals surface area contributed by atoms with Crippen molar-refractivity contribution in [1.29, 1.82) is 0 Å². The number of hydrogen-bond donors (Lipinski definition) is 1. The van der Waals surface area contributed by atoms with Crippen LogP contribution < -0.4 is 5.32 Å². The Balaban J connectivity index is 1.30. The first-order valence-corrected chi connectivity index (χ1v) is 15.8. The van der Waals surface area contributed by atoms with E-state index in [0.29, 0.717) is 12.4 Å². The van der Waals surface area contributed by atoms with E-state index in [2.05, 4.69) is 119 Å². The molecule has 1 aliphatic rings. The Hall–Kier alpha value is -6.53. The molecule has 0 radical (unpaired) electrons. The molecular formula is C42H28N4O2. The highest BCUT2D eigenvalue weighted by Gasteiger charge is 2.20. The highest BCUT2D eigenvalue weighted by Crippen LogP contribution is 2.44. The van der Waals surface area contributed by atoms with Crippen molar-refractivity contribution in [3.8, 4) is 56.2 Å². The molecule has 0 fully saturated rings. The van der Waals surface area contributed by atoms with E-state index in [4.69, 9.17) is 19.1 Å². The summed E-state index contributed by atoms with van der Waals surface area (Å²) in [5.74, 6) is 0.